The molecule has 0 fully saturated rings. The third-order valence-electron chi connectivity index (χ3n) is 4.22. The highest BCUT2D eigenvalue weighted by Gasteiger charge is 2.10. The minimum atomic E-state index is 0.267. The molecule has 0 amide bonds. The molecule has 0 spiro atoms. The smallest absolute Gasteiger partial charge is 0.189 e. The van der Waals surface area contributed by atoms with Gasteiger partial charge in [0.2, 0.25) is 0 Å². The maximum Gasteiger partial charge on any atom is 0.189 e. The number of nitrogens with zero attached hydrogens (tertiary/aromatic N) is 5. The van der Waals surface area contributed by atoms with Crippen molar-refractivity contribution >= 4 is 27.5 Å². The predicted octanol–water partition coefficient (Wildman–Crippen LogP) is 2.74. The third-order valence-corrected chi connectivity index (χ3v) is 4.22. The summed E-state index contributed by atoms with van der Waals surface area (Å²) >= 11 is 0. The SMILES string of the molecule is COc1ccc2cc(OCc3nc4c5cn[nH]c5ncn4n3)ccc2c1. The number of hydrogen-bond donors (Lipinski definition) is 1. The summed E-state index contributed by atoms with van der Waals surface area (Å²) in [4.78, 5) is 8.76. The Balaban J connectivity index is 1.41. The number of benzene rings is 2. The normalized spacial score (nSPS) is 11.4. The monoisotopic (exact) mass is 346 g/mol. The Morgan fingerprint density at radius 2 is 1.88 bits per heavy atom. The van der Waals surface area contributed by atoms with Crippen LogP contribution in [-0.2, 0) is 6.61 Å². The zero-order valence-electron chi connectivity index (χ0n) is 13.9. The molecule has 8 heteroatoms. The van der Waals surface area contributed by atoms with Gasteiger partial charge < -0.3 is 9.47 Å². The van der Waals surface area contributed by atoms with E-state index in [1.54, 1.807) is 24.1 Å². The molecule has 0 saturated heterocycles. The summed E-state index contributed by atoms with van der Waals surface area (Å²) < 4.78 is 12.7. The van der Waals surface area contributed by atoms with Crippen molar-refractivity contribution in [2.24, 2.45) is 0 Å². The average Bonchev–Trinajstić information content (AvgIpc) is 3.31. The average molecular weight is 346 g/mol. The van der Waals surface area contributed by atoms with Gasteiger partial charge in [0.05, 0.1) is 18.7 Å². The fourth-order valence-corrected chi connectivity index (χ4v) is 2.91. The van der Waals surface area contributed by atoms with Gasteiger partial charge in [0.15, 0.2) is 17.1 Å². The van der Waals surface area contributed by atoms with Crippen LogP contribution in [0, 0.1) is 0 Å². The van der Waals surface area contributed by atoms with E-state index in [2.05, 4.69) is 25.3 Å². The van der Waals surface area contributed by atoms with Gasteiger partial charge >= 0.3 is 0 Å². The number of nitrogens with one attached hydrogen (secondary N) is 1. The summed E-state index contributed by atoms with van der Waals surface area (Å²) in [7, 11) is 1.66. The second kappa shape index (κ2) is 5.69. The second-order valence-electron chi connectivity index (χ2n) is 5.84. The summed E-state index contributed by atoms with van der Waals surface area (Å²) in [6, 6.07) is 11.8. The minimum absolute atomic E-state index is 0.267. The summed E-state index contributed by atoms with van der Waals surface area (Å²) in [5.74, 6) is 2.17. The molecule has 0 aliphatic rings. The molecule has 26 heavy (non-hydrogen) atoms. The maximum atomic E-state index is 5.87. The van der Waals surface area contributed by atoms with Crippen molar-refractivity contribution in [1.29, 1.82) is 0 Å². The molecule has 0 radical (unpaired) electrons. The number of H-pyrrole nitrogens is 1. The second-order valence-corrected chi connectivity index (χ2v) is 5.84. The molecule has 1 N–H and O–H groups in total. The molecule has 0 aliphatic carbocycles. The van der Waals surface area contributed by atoms with Crippen LogP contribution in [0.5, 0.6) is 11.5 Å². The third kappa shape index (κ3) is 2.39. The number of methoxy groups -OCH3 is 1. The lowest BCUT2D eigenvalue weighted by molar-refractivity contribution is 0.296. The first-order valence-corrected chi connectivity index (χ1v) is 8.04. The van der Waals surface area contributed by atoms with Crippen LogP contribution < -0.4 is 9.47 Å². The Kier molecular flexibility index (Phi) is 3.21. The zero-order valence-corrected chi connectivity index (χ0v) is 13.9. The lowest BCUT2D eigenvalue weighted by atomic mass is 10.1. The number of ether oxygens (including phenoxy) is 2. The van der Waals surface area contributed by atoms with E-state index >= 15 is 0 Å². The van der Waals surface area contributed by atoms with E-state index in [1.165, 1.54) is 0 Å². The van der Waals surface area contributed by atoms with E-state index in [0.717, 1.165) is 27.7 Å². The molecular formula is C18H14N6O2. The van der Waals surface area contributed by atoms with Gasteiger partial charge in [0.1, 0.15) is 24.4 Å². The minimum Gasteiger partial charge on any atom is -0.497 e. The number of aromatic nitrogens is 6. The molecular weight excluding hydrogens is 332 g/mol. The summed E-state index contributed by atoms with van der Waals surface area (Å²) in [5.41, 5.74) is 1.38. The van der Waals surface area contributed by atoms with E-state index in [0.29, 0.717) is 17.1 Å². The molecule has 0 unspecified atom stereocenters. The number of hydrogen-bond acceptors (Lipinski definition) is 6. The topological polar surface area (TPSA) is 90.2 Å². The van der Waals surface area contributed by atoms with Gasteiger partial charge in [-0.2, -0.15) is 5.10 Å². The van der Waals surface area contributed by atoms with Crippen LogP contribution in [0.3, 0.4) is 0 Å². The van der Waals surface area contributed by atoms with E-state index in [-0.39, 0.29) is 6.61 Å². The largest absolute Gasteiger partial charge is 0.497 e. The molecule has 0 atom stereocenters. The van der Waals surface area contributed by atoms with Gasteiger partial charge in [-0.3, -0.25) is 5.10 Å². The van der Waals surface area contributed by atoms with Gasteiger partial charge in [-0.05, 0) is 35.0 Å². The number of aromatic amines is 1. The number of rotatable bonds is 4. The molecule has 8 nitrogen and oxygen atoms in total. The molecule has 5 aromatic rings. The van der Waals surface area contributed by atoms with Gasteiger partial charge in [-0.1, -0.05) is 12.1 Å². The van der Waals surface area contributed by atoms with Crippen molar-refractivity contribution in [1.82, 2.24) is 29.8 Å². The highest BCUT2D eigenvalue weighted by atomic mass is 16.5. The number of fused-ring (bicyclic) bond motifs is 4. The van der Waals surface area contributed by atoms with Crippen LogP contribution in [-0.4, -0.2) is 36.9 Å². The quantitative estimate of drug-likeness (QED) is 0.538. The molecule has 3 heterocycles. The highest BCUT2D eigenvalue weighted by molar-refractivity contribution is 5.87. The van der Waals surface area contributed by atoms with Gasteiger partial charge in [0, 0.05) is 0 Å². The first-order valence-electron chi connectivity index (χ1n) is 8.04. The molecule has 5 rings (SSSR count). The van der Waals surface area contributed by atoms with Crippen molar-refractivity contribution < 1.29 is 9.47 Å². The Bertz CT molecular complexity index is 1240. The predicted molar refractivity (Wildman–Crippen MR) is 95.3 cm³/mol. The van der Waals surface area contributed by atoms with Crippen molar-refractivity contribution in [3.8, 4) is 11.5 Å². The Labute approximate surface area is 147 Å². The Morgan fingerprint density at radius 3 is 2.73 bits per heavy atom. The molecule has 0 saturated carbocycles. The highest BCUT2D eigenvalue weighted by Crippen LogP contribution is 2.25. The van der Waals surface area contributed by atoms with E-state index in [1.807, 2.05) is 36.4 Å². The van der Waals surface area contributed by atoms with Crippen LogP contribution in [0.25, 0.3) is 27.5 Å². The van der Waals surface area contributed by atoms with E-state index in [4.69, 9.17) is 9.47 Å². The van der Waals surface area contributed by atoms with Crippen molar-refractivity contribution in [2.45, 2.75) is 6.61 Å². The lowest BCUT2D eigenvalue weighted by Gasteiger charge is -2.06. The molecule has 0 aliphatic heterocycles. The summed E-state index contributed by atoms with van der Waals surface area (Å²) in [6.45, 7) is 0.267. The fraction of sp³-hybridized carbons (Fsp3) is 0.111. The van der Waals surface area contributed by atoms with Crippen LogP contribution >= 0.6 is 0 Å². The fourth-order valence-electron chi connectivity index (χ4n) is 2.91. The van der Waals surface area contributed by atoms with Crippen LogP contribution in [0.1, 0.15) is 5.82 Å². The standard InChI is InChI=1S/C18H14N6O2/c1-25-13-4-2-12-7-14(5-3-11(12)6-13)26-9-16-21-18-15-8-20-22-17(15)19-10-24(18)23-16/h2-8,10H,9H2,1H3,(H,20,22). The lowest BCUT2D eigenvalue weighted by Crippen LogP contribution is -1.98. The zero-order chi connectivity index (χ0) is 17.5. The van der Waals surface area contributed by atoms with E-state index in [9.17, 15) is 0 Å². The van der Waals surface area contributed by atoms with Gasteiger partial charge in [0.25, 0.3) is 0 Å². The van der Waals surface area contributed by atoms with E-state index < -0.39 is 0 Å². The van der Waals surface area contributed by atoms with Gasteiger partial charge in [-0.15, -0.1) is 5.10 Å². The van der Waals surface area contributed by atoms with Crippen molar-refractivity contribution in [2.75, 3.05) is 7.11 Å². The first kappa shape index (κ1) is 14.6. The van der Waals surface area contributed by atoms with Crippen molar-refractivity contribution in [3.05, 3.63) is 54.7 Å². The van der Waals surface area contributed by atoms with Crippen LogP contribution in [0.4, 0.5) is 0 Å². The Hall–Kier alpha value is -3.68. The molecule has 2 aromatic carbocycles. The summed E-state index contributed by atoms with van der Waals surface area (Å²) in [5, 5.41) is 14.2. The molecule has 0 bridgehead atoms. The first-order chi connectivity index (χ1) is 12.8. The molecule has 128 valence electrons. The van der Waals surface area contributed by atoms with Crippen LogP contribution in [0.15, 0.2) is 48.9 Å². The summed E-state index contributed by atoms with van der Waals surface area (Å²) in [6.07, 6.45) is 3.30. The Morgan fingerprint density at radius 1 is 1.08 bits per heavy atom. The molecule has 3 aromatic heterocycles. The van der Waals surface area contributed by atoms with Crippen molar-refractivity contribution in [3.63, 3.8) is 0 Å². The maximum absolute atomic E-state index is 5.87. The van der Waals surface area contributed by atoms with Crippen LogP contribution in [0.2, 0.25) is 0 Å². The van der Waals surface area contributed by atoms with Gasteiger partial charge in [-0.25, -0.2) is 14.5 Å².